The normalized spacial score (nSPS) is 16.8. The minimum absolute atomic E-state index is 0.0730. The molecule has 0 saturated carbocycles. The van der Waals surface area contributed by atoms with E-state index in [4.69, 9.17) is 4.74 Å². The van der Waals surface area contributed by atoms with Gasteiger partial charge < -0.3 is 10.1 Å². The lowest BCUT2D eigenvalue weighted by Crippen LogP contribution is -2.45. The summed E-state index contributed by atoms with van der Waals surface area (Å²) in [5.74, 6) is 0.981. The number of likely N-dealkylation sites (N-methyl/N-ethyl adjacent to an activating group) is 1. The van der Waals surface area contributed by atoms with Crippen molar-refractivity contribution in [1.82, 2.24) is 4.90 Å². The molecule has 0 radical (unpaired) electrons. The fourth-order valence-corrected chi connectivity index (χ4v) is 3.81. The molecular formula is C21H25BrN2O2. The van der Waals surface area contributed by atoms with Crippen LogP contribution in [0.3, 0.4) is 0 Å². The third-order valence-electron chi connectivity index (χ3n) is 4.89. The summed E-state index contributed by atoms with van der Waals surface area (Å²) in [6.07, 6.45) is 1.70. The van der Waals surface area contributed by atoms with Gasteiger partial charge in [-0.05, 0) is 61.7 Å². The number of anilines is 1. The zero-order chi connectivity index (χ0) is 18.5. The van der Waals surface area contributed by atoms with Crippen LogP contribution in [0.5, 0.6) is 5.75 Å². The van der Waals surface area contributed by atoms with Crippen molar-refractivity contribution in [3.63, 3.8) is 0 Å². The zero-order valence-corrected chi connectivity index (χ0v) is 16.9. The van der Waals surface area contributed by atoms with E-state index in [1.54, 1.807) is 0 Å². The standard InChI is InChI=1S/C21H25BrN2O2/c1-3-24(12-13-26-20-7-5-4-6-15(20)2)19-11-8-16-14-17(22)9-10-18(16)23-21(19)25/h4-7,9-10,14,19H,3,8,11-13H2,1-2H3,(H,23,25). The minimum atomic E-state index is -0.133. The maximum atomic E-state index is 12.7. The number of nitrogens with one attached hydrogen (secondary N) is 1. The first-order valence-electron chi connectivity index (χ1n) is 9.10. The summed E-state index contributed by atoms with van der Waals surface area (Å²) in [5.41, 5.74) is 3.24. The number of nitrogens with zero attached hydrogens (tertiary/aromatic N) is 1. The molecule has 1 heterocycles. The Kier molecular flexibility index (Phi) is 6.33. The van der Waals surface area contributed by atoms with E-state index < -0.39 is 0 Å². The van der Waals surface area contributed by atoms with Crippen molar-refractivity contribution in [2.45, 2.75) is 32.7 Å². The Bertz CT molecular complexity index is 778. The molecule has 0 aliphatic carbocycles. The topological polar surface area (TPSA) is 41.6 Å². The van der Waals surface area contributed by atoms with Crippen LogP contribution >= 0.6 is 15.9 Å². The lowest BCUT2D eigenvalue weighted by atomic mass is 10.0. The Balaban J connectivity index is 1.63. The van der Waals surface area contributed by atoms with E-state index in [1.165, 1.54) is 5.56 Å². The van der Waals surface area contributed by atoms with Crippen molar-refractivity contribution in [2.24, 2.45) is 0 Å². The maximum absolute atomic E-state index is 12.7. The van der Waals surface area contributed by atoms with Crippen LogP contribution in [-0.4, -0.2) is 36.5 Å². The Morgan fingerprint density at radius 2 is 2.08 bits per heavy atom. The fourth-order valence-electron chi connectivity index (χ4n) is 3.40. The Morgan fingerprint density at radius 1 is 1.27 bits per heavy atom. The van der Waals surface area contributed by atoms with Gasteiger partial charge in [-0.1, -0.05) is 41.1 Å². The SMILES string of the molecule is CCN(CCOc1ccccc1C)C1CCc2cc(Br)ccc2NC1=O. The predicted octanol–water partition coefficient (Wildman–Crippen LogP) is 4.41. The average molecular weight is 417 g/mol. The number of carbonyl (C=O) groups excluding carboxylic acids is 1. The van der Waals surface area contributed by atoms with Gasteiger partial charge in [0.1, 0.15) is 12.4 Å². The highest BCUT2D eigenvalue weighted by molar-refractivity contribution is 9.10. The van der Waals surface area contributed by atoms with Gasteiger partial charge in [-0.2, -0.15) is 0 Å². The molecule has 1 amide bonds. The predicted molar refractivity (Wildman–Crippen MR) is 109 cm³/mol. The molecule has 0 spiro atoms. The molecule has 138 valence electrons. The molecule has 0 aromatic heterocycles. The lowest BCUT2D eigenvalue weighted by molar-refractivity contribution is -0.121. The monoisotopic (exact) mass is 416 g/mol. The molecule has 0 saturated heterocycles. The molecular weight excluding hydrogens is 392 g/mol. The molecule has 0 fully saturated rings. The van der Waals surface area contributed by atoms with Crippen molar-refractivity contribution < 1.29 is 9.53 Å². The molecule has 4 nitrogen and oxygen atoms in total. The number of para-hydroxylation sites is 1. The van der Waals surface area contributed by atoms with Gasteiger partial charge in [0.25, 0.3) is 0 Å². The summed E-state index contributed by atoms with van der Waals surface area (Å²) in [6, 6.07) is 13.9. The first-order valence-corrected chi connectivity index (χ1v) is 9.89. The van der Waals surface area contributed by atoms with Gasteiger partial charge in [0.15, 0.2) is 0 Å². The third-order valence-corrected chi connectivity index (χ3v) is 5.38. The van der Waals surface area contributed by atoms with E-state index in [2.05, 4.69) is 39.1 Å². The van der Waals surface area contributed by atoms with Gasteiger partial charge in [-0.15, -0.1) is 0 Å². The molecule has 5 heteroatoms. The van der Waals surface area contributed by atoms with E-state index >= 15 is 0 Å². The maximum Gasteiger partial charge on any atom is 0.241 e. The smallest absolute Gasteiger partial charge is 0.241 e. The van der Waals surface area contributed by atoms with Gasteiger partial charge in [0.05, 0.1) is 6.04 Å². The van der Waals surface area contributed by atoms with Gasteiger partial charge >= 0.3 is 0 Å². The Hall–Kier alpha value is -1.85. The van der Waals surface area contributed by atoms with Gasteiger partial charge in [-0.25, -0.2) is 0 Å². The van der Waals surface area contributed by atoms with Gasteiger partial charge in [0.2, 0.25) is 5.91 Å². The van der Waals surface area contributed by atoms with E-state index in [1.807, 2.05) is 43.3 Å². The number of amides is 1. The molecule has 1 unspecified atom stereocenters. The van der Waals surface area contributed by atoms with Crippen LogP contribution in [0.1, 0.15) is 24.5 Å². The summed E-state index contributed by atoms with van der Waals surface area (Å²) in [5, 5.41) is 3.09. The van der Waals surface area contributed by atoms with Crippen LogP contribution in [-0.2, 0) is 11.2 Å². The fraction of sp³-hybridized carbons (Fsp3) is 0.381. The van der Waals surface area contributed by atoms with Crippen LogP contribution < -0.4 is 10.1 Å². The van der Waals surface area contributed by atoms with Crippen LogP contribution in [0, 0.1) is 6.92 Å². The van der Waals surface area contributed by atoms with E-state index in [9.17, 15) is 4.79 Å². The van der Waals surface area contributed by atoms with Crippen molar-refractivity contribution in [3.8, 4) is 5.75 Å². The number of benzene rings is 2. The number of ether oxygens (including phenoxy) is 1. The first kappa shape index (κ1) is 18.9. The molecule has 1 atom stereocenters. The van der Waals surface area contributed by atoms with Gasteiger partial charge in [-0.3, -0.25) is 9.69 Å². The van der Waals surface area contributed by atoms with Crippen molar-refractivity contribution in [1.29, 1.82) is 0 Å². The minimum Gasteiger partial charge on any atom is -0.492 e. The van der Waals surface area contributed by atoms with Crippen LogP contribution in [0.4, 0.5) is 5.69 Å². The second kappa shape index (κ2) is 8.69. The van der Waals surface area contributed by atoms with E-state index in [0.29, 0.717) is 6.61 Å². The van der Waals surface area contributed by atoms with Crippen LogP contribution in [0.2, 0.25) is 0 Å². The van der Waals surface area contributed by atoms with Crippen LogP contribution in [0.25, 0.3) is 0 Å². The molecule has 1 aliphatic rings. The zero-order valence-electron chi connectivity index (χ0n) is 15.3. The number of hydrogen-bond donors (Lipinski definition) is 1. The largest absolute Gasteiger partial charge is 0.492 e. The van der Waals surface area contributed by atoms with E-state index in [-0.39, 0.29) is 11.9 Å². The molecule has 2 aromatic carbocycles. The summed E-state index contributed by atoms with van der Waals surface area (Å²) in [7, 11) is 0. The van der Waals surface area contributed by atoms with Gasteiger partial charge in [0, 0.05) is 16.7 Å². The molecule has 2 aromatic rings. The number of aryl methyl sites for hydroxylation is 2. The Morgan fingerprint density at radius 3 is 2.85 bits per heavy atom. The summed E-state index contributed by atoms with van der Waals surface area (Å²) >= 11 is 3.51. The van der Waals surface area contributed by atoms with Crippen LogP contribution in [0.15, 0.2) is 46.9 Å². The molecule has 26 heavy (non-hydrogen) atoms. The lowest BCUT2D eigenvalue weighted by Gasteiger charge is -2.28. The van der Waals surface area contributed by atoms with Crippen molar-refractivity contribution in [2.75, 3.05) is 25.0 Å². The highest BCUT2D eigenvalue weighted by atomic mass is 79.9. The number of rotatable bonds is 6. The highest BCUT2D eigenvalue weighted by Crippen LogP contribution is 2.27. The van der Waals surface area contributed by atoms with Crippen molar-refractivity contribution in [3.05, 3.63) is 58.1 Å². The number of carbonyl (C=O) groups is 1. The second-order valence-corrected chi connectivity index (χ2v) is 7.50. The first-order chi connectivity index (χ1) is 12.6. The molecule has 3 rings (SSSR count). The number of fused-ring (bicyclic) bond motifs is 1. The highest BCUT2D eigenvalue weighted by Gasteiger charge is 2.28. The number of halogens is 1. The van der Waals surface area contributed by atoms with Crippen molar-refractivity contribution >= 4 is 27.5 Å². The summed E-state index contributed by atoms with van der Waals surface area (Å²) in [6.45, 7) is 6.25. The quantitative estimate of drug-likeness (QED) is 0.757. The Labute approximate surface area is 163 Å². The molecule has 1 aliphatic heterocycles. The molecule has 1 N–H and O–H groups in total. The summed E-state index contributed by atoms with van der Waals surface area (Å²) in [4.78, 5) is 14.9. The second-order valence-electron chi connectivity index (χ2n) is 6.59. The summed E-state index contributed by atoms with van der Waals surface area (Å²) < 4.78 is 6.97. The van der Waals surface area contributed by atoms with E-state index in [0.717, 1.165) is 47.4 Å². The number of hydrogen-bond acceptors (Lipinski definition) is 3. The molecule has 0 bridgehead atoms. The third kappa shape index (κ3) is 4.46. The average Bonchev–Trinajstić information content (AvgIpc) is 2.79.